The van der Waals surface area contributed by atoms with Gasteiger partial charge < -0.3 is 19.7 Å². The van der Waals surface area contributed by atoms with E-state index in [1.807, 2.05) is 6.92 Å². The lowest BCUT2D eigenvalue weighted by Crippen LogP contribution is -2.58. The molecule has 0 aromatic carbocycles. The van der Waals surface area contributed by atoms with E-state index in [2.05, 4.69) is 15.5 Å². The van der Waals surface area contributed by atoms with Gasteiger partial charge in [0.2, 0.25) is 0 Å². The molecule has 2 heterocycles. The minimum absolute atomic E-state index is 0.137. The standard InChI is InChI=1S/C8H11N3O4/c1-8(3-9-4-8)14-2-5-10-6(7(12)13)11-15-5/h9H,2-4H2,1H3,(H,12,13). The van der Waals surface area contributed by atoms with Crippen LogP contribution in [0.3, 0.4) is 0 Å². The first kappa shape index (κ1) is 10.1. The van der Waals surface area contributed by atoms with Gasteiger partial charge in [0.1, 0.15) is 6.61 Å². The lowest BCUT2D eigenvalue weighted by atomic mass is 10.0. The number of carboxylic acid groups (broad SMARTS) is 1. The van der Waals surface area contributed by atoms with E-state index in [0.29, 0.717) is 0 Å². The number of carboxylic acids is 1. The molecule has 1 fully saturated rings. The Labute approximate surface area is 85.4 Å². The quantitative estimate of drug-likeness (QED) is 0.705. The van der Waals surface area contributed by atoms with E-state index in [9.17, 15) is 4.79 Å². The first-order valence-electron chi connectivity index (χ1n) is 4.50. The summed E-state index contributed by atoms with van der Waals surface area (Å²) < 4.78 is 10.2. The number of aromatic nitrogens is 2. The highest BCUT2D eigenvalue weighted by Gasteiger charge is 2.33. The highest BCUT2D eigenvalue weighted by molar-refractivity contribution is 5.82. The molecule has 2 rings (SSSR count). The molecule has 0 unspecified atom stereocenters. The molecule has 1 aromatic heterocycles. The number of carbonyl (C=O) groups is 1. The summed E-state index contributed by atoms with van der Waals surface area (Å²) in [7, 11) is 0. The van der Waals surface area contributed by atoms with Crippen molar-refractivity contribution in [2.24, 2.45) is 0 Å². The van der Waals surface area contributed by atoms with Crippen LogP contribution in [0.5, 0.6) is 0 Å². The smallest absolute Gasteiger partial charge is 0.377 e. The second-order valence-corrected chi connectivity index (χ2v) is 3.66. The predicted octanol–water partition coefficient (Wildman–Crippen LogP) is -0.354. The fraction of sp³-hybridized carbons (Fsp3) is 0.625. The molecule has 0 amide bonds. The van der Waals surface area contributed by atoms with Crippen molar-refractivity contribution in [3.8, 4) is 0 Å². The molecule has 2 N–H and O–H groups in total. The topological polar surface area (TPSA) is 97.5 Å². The summed E-state index contributed by atoms with van der Waals surface area (Å²) in [5, 5.41) is 14.9. The zero-order valence-electron chi connectivity index (χ0n) is 8.19. The van der Waals surface area contributed by atoms with E-state index >= 15 is 0 Å². The van der Waals surface area contributed by atoms with Crippen LogP contribution in [-0.4, -0.2) is 39.9 Å². The van der Waals surface area contributed by atoms with Crippen LogP contribution in [0, 0.1) is 0 Å². The summed E-state index contributed by atoms with van der Waals surface area (Å²) in [5.41, 5.74) is -0.210. The molecule has 0 atom stereocenters. The van der Waals surface area contributed by atoms with E-state index in [-0.39, 0.29) is 23.9 Å². The zero-order valence-corrected chi connectivity index (χ0v) is 8.19. The van der Waals surface area contributed by atoms with Gasteiger partial charge in [0.15, 0.2) is 0 Å². The van der Waals surface area contributed by atoms with Crippen LogP contribution in [0.1, 0.15) is 23.4 Å². The highest BCUT2D eigenvalue weighted by atomic mass is 16.5. The van der Waals surface area contributed by atoms with Crippen LogP contribution in [0.15, 0.2) is 4.52 Å². The van der Waals surface area contributed by atoms with Gasteiger partial charge in [-0.2, -0.15) is 4.98 Å². The molecule has 1 aliphatic rings. The molecular formula is C8H11N3O4. The van der Waals surface area contributed by atoms with Crippen molar-refractivity contribution < 1.29 is 19.2 Å². The predicted molar refractivity (Wildman–Crippen MR) is 47.3 cm³/mol. The summed E-state index contributed by atoms with van der Waals surface area (Å²) >= 11 is 0. The van der Waals surface area contributed by atoms with Gasteiger partial charge in [0, 0.05) is 13.1 Å². The molecule has 1 aromatic rings. The fourth-order valence-corrected chi connectivity index (χ4v) is 1.22. The van der Waals surface area contributed by atoms with Crippen molar-refractivity contribution in [2.75, 3.05) is 13.1 Å². The van der Waals surface area contributed by atoms with Gasteiger partial charge >= 0.3 is 5.97 Å². The van der Waals surface area contributed by atoms with E-state index in [1.165, 1.54) is 0 Å². The van der Waals surface area contributed by atoms with Gasteiger partial charge in [-0.25, -0.2) is 4.79 Å². The normalized spacial score (nSPS) is 18.5. The van der Waals surface area contributed by atoms with E-state index in [1.54, 1.807) is 0 Å². The van der Waals surface area contributed by atoms with E-state index in [4.69, 9.17) is 14.4 Å². The third-order valence-corrected chi connectivity index (χ3v) is 2.20. The van der Waals surface area contributed by atoms with Crippen molar-refractivity contribution in [1.29, 1.82) is 0 Å². The van der Waals surface area contributed by atoms with Crippen molar-refractivity contribution in [1.82, 2.24) is 15.5 Å². The summed E-state index contributed by atoms with van der Waals surface area (Å²) in [5.74, 6) is -1.37. The van der Waals surface area contributed by atoms with Gasteiger partial charge in [0.05, 0.1) is 5.60 Å². The highest BCUT2D eigenvalue weighted by Crippen LogP contribution is 2.17. The van der Waals surface area contributed by atoms with E-state index in [0.717, 1.165) is 13.1 Å². The third kappa shape index (κ3) is 2.13. The molecule has 0 saturated carbocycles. The van der Waals surface area contributed by atoms with Crippen molar-refractivity contribution >= 4 is 5.97 Å². The summed E-state index contributed by atoms with van der Waals surface area (Å²) in [6.45, 7) is 3.64. The fourth-order valence-electron chi connectivity index (χ4n) is 1.22. The number of aromatic carboxylic acids is 1. The number of nitrogens with zero attached hydrogens (tertiary/aromatic N) is 2. The Morgan fingerprint density at radius 2 is 2.47 bits per heavy atom. The average molecular weight is 213 g/mol. The van der Waals surface area contributed by atoms with Crippen molar-refractivity contribution in [2.45, 2.75) is 19.1 Å². The van der Waals surface area contributed by atoms with Gasteiger partial charge in [-0.15, -0.1) is 0 Å². The summed E-state index contributed by atoms with van der Waals surface area (Å²) in [6, 6.07) is 0. The lowest BCUT2D eigenvalue weighted by Gasteiger charge is -2.38. The molecule has 7 heteroatoms. The van der Waals surface area contributed by atoms with Crippen molar-refractivity contribution in [3.63, 3.8) is 0 Å². The van der Waals surface area contributed by atoms with Gasteiger partial charge in [-0.05, 0) is 12.1 Å². The Bertz CT molecular complexity index is 372. The van der Waals surface area contributed by atoms with Crippen LogP contribution < -0.4 is 5.32 Å². The Morgan fingerprint density at radius 1 is 1.73 bits per heavy atom. The molecule has 0 radical (unpaired) electrons. The van der Waals surface area contributed by atoms with Gasteiger partial charge in [0.25, 0.3) is 11.7 Å². The van der Waals surface area contributed by atoms with E-state index < -0.39 is 5.97 Å². The summed E-state index contributed by atoms with van der Waals surface area (Å²) in [4.78, 5) is 14.1. The largest absolute Gasteiger partial charge is 0.475 e. The second-order valence-electron chi connectivity index (χ2n) is 3.66. The average Bonchev–Trinajstić information content (AvgIpc) is 2.60. The molecule has 1 saturated heterocycles. The minimum Gasteiger partial charge on any atom is -0.475 e. The molecule has 82 valence electrons. The molecular weight excluding hydrogens is 202 g/mol. The summed E-state index contributed by atoms with van der Waals surface area (Å²) in [6.07, 6.45) is 0. The minimum atomic E-state index is -1.21. The molecule has 0 aliphatic carbocycles. The molecule has 0 spiro atoms. The zero-order chi connectivity index (χ0) is 10.9. The monoisotopic (exact) mass is 213 g/mol. The SMILES string of the molecule is CC1(OCc2nc(C(=O)O)no2)CNC1. The number of hydrogen-bond acceptors (Lipinski definition) is 6. The number of nitrogens with one attached hydrogen (secondary N) is 1. The number of hydrogen-bond donors (Lipinski definition) is 2. The molecule has 0 bridgehead atoms. The second kappa shape index (κ2) is 3.59. The van der Waals surface area contributed by atoms with Crippen LogP contribution in [0.25, 0.3) is 0 Å². The molecule has 7 nitrogen and oxygen atoms in total. The van der Waals surface area contributed by atoms with Crippen LogP contribution >= 0.6 is 0 Å². The third-order valence-electron chi connectivity index (χ3n) is 2.20. The Morgan fingerprint density at radius 3 is 2.93 bits per heavy atom. The Kier molecular flexibility index (Phi) is 2.41. The maximum Gasteiger partial charge on any atom is 0.377 e. The van der Waals surface area contributed by atoms with Crippen LogP contribution in [-0.2, 0) is 11.3 Å². The molecule has 1 aliphatic heterocycles. The van der Waals surface area contributed by atoms with Crippen molar-refractivity contribution in [3.05, 3.63) is 11.7 Å². The number of rotatable bonds is 4. The lowest BCUT2D eigenvalue weighted by molar-refractivity contribution is -0.0841. The number of ether oxygens (including phenoxy) is 1. The van der Waals surface area contributed by atoms with Crippen LogP contribution in [0.2, 0.25) is 0 Å². The Hall–Kier alpha value is -1.47. The maximum absolute atomic E-state index is 10.4. The van der Waals surface area contributed by atoms with Crippen LogP contribution in [0.4, 0.5) is 0 Å². The molecule has 15 heavy (non-hydrogen) atoms. The first-order valence-corrected chi connectivity index (χ1v) is 4.50. The first-order chi connectivity index (χ1) is 7.09. The Balaban J connectivity index is 1.90. The van der Waals surface area contributed by atoms with Gasteiger partial charge in [-0.1, -0.05) is 0 Å². The van der Waals surface area contributed by atoms with Gasteiger partial charge in [-0.3, -0.25) is 0 Å². The maximum atomic E-state index is 10.4.